The van der Waals surface area contributed by atoms with Crippen molar-refractivity contribution in [2.75, 3.05) is 12.4 Å². The number of anilines is 1. The Morgan fingerprint density at radius 2 is 1.88 bits per heavy atom. The van der Waals surface area contributed by atoms with E-state index in [1.165, 1.54) is 11.8 Å². The highest BCUT2D eigenvalue weighted by atomic mass is 32.2. The third-order valence-electron chi connectivity index (χ3n) is 2.37. The van der Waals surface area contributed by atoms with Crippen LogP contribution in [0.1, 0.15) is 20.8 Å². The second-order valence-corrected chi connectivity index (χ2v) is 5.29. The van der Waals surface area contributed by atoms with Crippen LogP contribution >= 0.6 is 11.8 Å². The molecule has 0 aromatic carbocycles. The largest absolute Gasteiger partial charge is 0.371 e. The van der Waals surface area contributed by atoms with E-state index in [1.807, 2.05) is 6.92 Å². The lowest BCUT2D eigenvalue weighted by atomic mass is 10.2. The maximum Gasteiger partial charge on any atom is 0.168 e. The lowest BCUT2D eigenvalue weighted by Crippen LogP contribution is -2.08. The molecule has 0 spiro atoms. The summed E-state index contributed by atoms with van der Waals surface area (Å²) < 4.78 is 26.6. The number of thioether (sulfide) groups is 1. The van der Waals surface area contributed by atoms with E-state index in [-0.39, 0.29) is 16.1 Å². The van der Waals surface area contributed by atoms with Crippen molar-refractivity contribution >= 4 is 17.6 Å². The Hall–Kier alpha value is -0.840. The van der Waals surface area contributed by atoms with Gasteiger partial charge >= 0.3 is 0 Å². The molecular weight excluding hydrogens is 230 g/mol. The van der Waals surface area contributed by atoms with Crippen molar-refractivity contribution < 1.29 is 8.78 Å². The monoisotopic (exact) mass is 246 g/mol. The van der Waals surface area contributed by atoms with Gasteiger partial charge in [0.15, 0.2) is 17.5 Å². The van der Waals surface area contributed by atoms with E-state index in [0.717, 1.165) is 6.07 Å². The molecular formula is C11H16F2N2S. The van der Waals surface area contributed by atoms with Crippen molar-refractivity contribution in [3.05, 3.63) is 17.7 Å². The van der Waals surface area contributed by atoms with Crippen molar-refractivity contribution in [2.45, 2.75) is 31.0 Å². The molecule has 16 heavy (non-hydrogen) atoms. The van der Waals surface area contributed by atoms with Gasteiger partial charge < -0.3 is 5.32 Å². The van der Waals surface area contributed by atoms with Crippen LogP contribution in [0.25, 0.3) is 0 Å². The van der Waals surface area contributed by atoms with Gasteiger partial charge in [-0.1, -0.05) is 32.5 Å². The number of aromatic nitrogens is 1. The number of pyridine rings is 1. The maximum atomic E-state index is 13.4. The molecule has 0 bridgehead atoms. The van der Waals surface area contributed by atoms with Crippen LogP contribution < -0.4 is 5.32 Å². The number of nitrogens with zero attached hydrogens (tertiary/aromatic N) is 1. The summed E-state index contributed by atoms with van der Waals surface area (Å²) in [5.74, 6) is -0.773. The average molecular weight is 246 g/mol. The highest BCUT2D eigenvalue weighted by molar-refractivity contribution is 7.99. The molecule has 1 aromatic heterocycles. The molecule has 1 atom stereocenters. The zero-order valence-electron chi connectivity index (χ0n) is 9.84. The fourth-order valence-corrected chi connectivity index (χ4v) is 1.96. The smallest absolute Gasteiger partial charge is 0.168 e. The summed E-state index contributed by atoms with van der Waals surface area (Å²) in [5.41, 5.74) is 0. The minimum atomic E-state index is -0.665. The van der Waals surface area contributed by atoms with Gasteiger partial charge in [0.05, 0.1) is 0 Å². The normalized spacial score (nSPS) is 12.9. The number of nitrogens with one attached hydrogen (secondary N) is 1. The quantitative estimate of drug-likeness (QED) is 0.822. The first-order chi connectivity index (χ1) is 7.45. The molecule has 2 nitrogen and oxygen atoms in total. The van der Waals surface area contributed by atoms with Crippen molar-refractivity contribution in [1.29, 1.82) is 0 Å². The molecule has 1 unspecified atom stereocenters. The van der Waals surface area contributed by atoms with Gasteiger partial charge in [-0.3, -0.25) is 0 Å². The van der Waals surface area contributed by atoms with E-state index in [1.54, 1.807) is 7.05 Å². The topological polar surface area (TPSA) is 24.9 Å². The zero-order chi connectivity index (χ0) is 12.3. The average Bonchev–Trinajstić information content (AvgIpc) is 2.21. The molecule has 0 amide bonds. The van der Waals surface area contributed by atoms with Crippen molar-refractivity contribution in [3.63, 3.8) is 0 Å². The van der Waals surface area contributed by atoms with Crippen LogP contribution in [0, 0.1) is 17.6 Å². The van der Waals surface area contributed by atoms with Gasteiger partial charge in [-0.2, -0.15) is 0 Å². The number of hydrogen-bond acceptors (Lipinski definition) is 3. The summed E-state index contributed by atoms with van der Waals surface area (Å²) in [7, 11) is 1.56. The minimum absolute atomic E-state index is 0.0832. The van der Waals surface area contributed by atoms with Gasteiger partial charge in [-0.05, 0) is 5.92 Å². The molecule has 1 aromatic rings. The standard InChI is InChI=1S/C11H16F2N2S/c1-6(2)7(3)16-11-9(13)5-8(12)10(14-4)15-11/h5-7H,1-4H3,(H,14,15). The molecule has 0 aliphatic heterocycles. The summed E-state index contributed by atoms with van der Waals surface area (Å²) in [5, 5.41) is 3.08. The van der Waals surface area contributed by atoms with Gasteiger partial charge in [0, 0.05) is 18.4 Å². The second-order valence-electron chi connectivity index (χ2n) is 3.92. The maximum absolute atomic E-state index is 13.4. The Morgan fingerprint density at radius 1 is 1.25 bits per heavy atom. The van der Waals surface area contributed by atoms with Crippen LogP contribution in [-0.2, 0) is 0 Å². The van der Waals surface area contributed by atoms with E-state index in [2.05, 4.69) is 24.1 Å². The first kappa shape index (κ1) is 13.2. The highest BCUT2D eigenvalue weighted by Gasteiger charge is 2.16. The van der Waals surface area contributed by atoms with Gasteiger partial charge in [-0.25, -0.2) is 13.8 Å². The summed E-state index contributed by atoms with van der Waals surface area (Å²) in [6, 6.07) is 0.869. The number of rotatable bonds is 4. The first-order valence-corrected chi connectivity index (χ1v) is 6.04. The first-order valence-electron chi connectivity index (χ1n) is 5.16. The molecule has 1 heterocycles. The van der Waals surface area contributed by atoms with E-state index in [4.69, 9.17) is 0 Å². The lowest BCUT2D eigenvalue weighted by molar-refractivity contribution is 0.550. The molecule has 5 heteroatoms. The number of halogens is 2. The predicted molar refractivity (Wildman–Crippen MR) is 63.9 cm³/mol. The molecule has 0 radical (unpaired) electrons. The summed E-state index contributed by atoms with van der Waals surface area (Å²) >= 11 is 1.32. The Kier molecular flexibility index (Phi) is 4.53. The highest BCUT2D eigenvalue weighted by Crippen LogP contribution is 2.30. The third-order valence-corrected chi connectivity index (χ3v) is 3.80. The van der Waals surface area contributed by atoms with E-state index < -0.39 is 11.6 Å². The molecule has 1 rings (SSSR count). The second kappa shape index (κ2) is 5.48. The molecule has 0 fully saturated rings. The third kappa shape index (κ3) is 3.07. The fraction of sp³-hybridized carbons (Fsp3) is 0.545. The van der Waals surface area contributed by atoms with Crippen molar-refractivity contribution in [2.24, 2.45) is 5.92 Å². The SMILES string of the molecule is CNc1nc(SC(C)C(C)C)c(F)cc1F. The fourth-order valence-electron chi connectivity index (χ4n) is 1.02. The summed E-state index contributed by atoms with van der Waals surface area (Å²) in [6.45, 7) is 6.11. The van der Waals surface area contributed by atoms with Gasteiger partial charge in [-0.15, -0.1) is 0 Å². The van der Waals surface area contributed by atoms with Crippen LogP contribution in [0.15, 0.2) is 11.1 Å². The predicted octanol–water partition coefficient (Wildman–Crippen LogP) is 3.54. The van der Waals surface area contributed by atoms with Gasteiger partial charge in [0.1, 0.15) is 5.03 Å². The van der Waals surface area contributed by atoms with Crippen molar-refractivity contribution in [3.8, 4) is 0 Å². The van der Waals surface area contributed by atoms with E-state index in [9.17, 15) is 8.78 Å². The molecule has 90 valence electrons. The zero-order valence-corrected chi connectivity index (χ0v) is 10.7. The molecule has 1 N–H and O–H groups in total. The number of hydrogen-bond donors (Lipinski definition) is 1. The van der Waals surface area contributed by atoms with Crippen molar-refractivity contribution in [1.82, 2.24) is 4.98 Å². The summed E-state index contributed by atoms with van der Waals surface area (Å²) in [6.07, 6.45) is 0. The Balaban J connectivity index is 2.96. The van der Waals surface area contributed by atoms with Crippen LogP contribution in [0.5, 0.6) is 0 Å². The van der Waals surface area contributed by atoms with Crippen LogP contribution in [0.2, 0.25) is 0 Å². The minimum Gasteiger partial charge on any atom is -0.371 e. The summed E-state index contributed by atoms with van der Waals surface area (Å²) in [4.78, 5) is 3.91. The molecule has 0 aliphatic rings. The lowest BCUT2D eigenvalue weighted by Gasteiger charge is -2.15. The van der Waals surface area contributed by atoms with Crippen LogP contribution in [-0.4, -0.2) is 17.3 Å². The van der Waals surface area contributed by atoms with E-state index >= 15 is 0 Å². The van der Waals surface area contributed by atoms with Crippen LogP contribution in [0.4, 0.5) is 14.6 Å². The Bertz CT molecular complexity index is 369. The Morgan fingerprint density at radius 3 is 2.38 bits per heavy atom. The molecule has 0 saturated heterocycles. The molecule has 0 aliphatic carbocycles. The molecule has 0 saturated carbocycles. The van der Waals surface area contributed by atoms with Gasteiger partial charge in [0.25, 0.3) is 0 Å². The van der Waals surface area contributed by atoms with Gasteiger partial charge in [0.2, 0.25) is 0 Å². The Labute approximate surface area is 98.8 Å². The van der Waals surface area contributed by atoms with Crippen LogP contribution in [0.3, 0.4) is 0 Å². The van der Waals surface area contributed by atoms with E-state index in [0.29, 0.717) is 5.92 Å².